The average Bonchev–Trinajstić information content (AvgIpc) is 4.03. The van der Waals surface area contributed by atoms with Gasteiger partial charge in [-0.25, -0.2) is 0 Å². The van der Waals surface area contributed by atoms with E-state index in [1.807, 2.05) is 0 Å². The topological polar surface area (TPSA) is 8.17 Å². The molecule has 0 unspecified atom stereocenters. The quantitative estimate of drug-likeness (QED) is 0.156. The zero-order valence-corrected chi connectivity index (χ0v) is 37.6. The molecule has 2 nitrogen and oxygen atoms in total. The molecule has 1 heterocycles. The summed E-state index contributed by atoms with van der Waals surface area (Å²) in [6.45, 7) is 0. The normalized spacial score (nSPS) is 13.0. The molecule has 12 aromatic carbocycles. The molecule has 13 aromatic rings. The molecule has 0 aliphatic heterocycles. The molecule has 2 heteroatoms. The van der Waals surface area contributed by atoms with E-state index in [0.29, 0.717) is 0 Å². The summed E-state index contributed by atoms with van der Waals surface area (Å²) in [6, 6.07) is 95.2. The van der Waals surface area contributed by atoms with Gasteiger partial charge in [-0.3, -0.25) is 0 Å². The number of para-hydroxylation sites is 4. The van der Waals surface area contributed by atoms with Gasteiger partial charge in [0.1, 0.15) is 0 Å². The van der Waals surface area contributed by atoms with Crippen molar-refractivity contribution < 1.29 is 0 Å². The maximum Gasteiger partial charge on any atom is 0.0726 e. The van der Waals surface area contributed by atoms with E-state index in [-0.39, 0.29) is 0 Å². The Balaban J connectivity index is 1.12. The van der Waals surface area contributed by atoms with E-state index in [4.69, 9.17) is 0 Å². The lowest BCUT2D eigenvalue weighted by Gasteiger charge is -2.33. The molecular formula is C67H42N2. The molecule has 0 fully saturated rings. The minimum Gasteiger partial charge on any atom is -0.310 e. The van der Waals surface area contributed by atoms with Crippen molar-refractivity contribution in [2.24, 2.45) is 0 Å². The lowest BCUT2D eigenvalue weighted by Crippen LogP contribution is -2.26. The van der Waals surface area contributed by atoms with E-state index in [0.717, 1.165) is 28.3 Å². The molecule has 0 radical (unpaired) electrons. The van der Waals surface area contributed by atoms with Gasteiger partial charge in [0.2, 0.25) is 0 Å². The molecule has 0 bridgehead atoms. The molecule has 320 valence electrons. The summed E-state index contributed by atoms with van der Waals surface area (Å²) in [4.78, 5) is 2.54. The minimum absolute atomic E-state index is 0.530. The molecule has 0 saturated carbocycles. The minimum atomic E-state index is -0.530. The fraction of sp³-hybridized carbons (Fsp3) is 0.0149. The van der Waals surface area contributed by atoms with Gasteiger partial charge in [-0.1, -0.05) is 200 Å². The highest BCUT2D eigenvalue weighted by atomic mass is 15.1. The predicted octanol–water partition coefficient (Wildman–Crippen LogP) is 17.7. The third kappa shape index (κ3) is 5.20. The fourth-order valence-electron chi connectivity index (χ4n) is 12.6. The van der Waals surface area contributed by atoms with Crippen molar-refractivity contribution in [3.05, 3.63) is 277 Å². The van der Waals surface area contributed by atoms with Gasteiger partial charge < -0.3 is 9.47 Å². The van der Waals surface area contributed by atoms with E-state index < -0.39 is 5.41 Å². The van der Waals surface area contributed by atoms with Crippen LogP contribution in [0, 0.1) is 0 Å². The fourth-order valence-corrected chi connectivity index (χ4v) is 12.6. The van der Waals surface area contributed by atoms with Crippen LogP contribution in [0.1, 0.15) is 22.3 Å². The lowest BCUT2D eigenvalue weighted by atomic mass is 9.70. The summed E-state index contributed by atoms with van der Waals surface area (Å²) >= 11 is 0. The first-order valence-corrected chi connectivity index (χ1v) is 24.0. The Morgan fingerprint density at radius 1 is 0.275 bits per heavy atom. The Hall–Kier alpha value is -8.98. The van der Waals surface area contributed by atoms with Gasteiger partial charge in [-0.05, 0) is 131 Å². The summed E-state index contributed by atoms with van der Waals surface area (Å²) in [5, 5.41) is 10.0. The van der Waals surface area contributed by atoms with Crippen LogP contribution in [0.25, 0.3) is 93.2 Å². The Bertz CT molecular complexity index is 4170. The van der Waals surface area contributed by atoms with Crippen molar-refractivity contribution in [1.29, 1.82) is 0 Å². The van der Waals surface area contributed by atoms with Crippen LogP contribution >= 0.6 is 0 Å². The van der Waals surface area contributed by atoms with Crippen LogP contribution in [0.3, 0.4) is 0 Å². The Labute approximate surface area is 400 Å². The highest BCUT2D eigenvalue weighted by molar-refractivity contribution is 6.26. The number of hydrogen-bond acceptors (Lipinski definition) is 1. The van der Waals surface area contributed by atoms with Gasteiger partial charge >= 0.3 is 0 Å². The summed E-state index contributed by atoms with van der Waals surface area (Å²) < 4.78 is 2.48. The number of benzene rings is 12. The number of fused-ring (bicyclic) bond motifs is 19. The zero-order valence-electron chi connectivity index (χ0n) is 37.6. The second-order valence-electron chi connectivity index (χ2n) is 18.7. The number of nitrogens with zero attached hydrogens (tertiary/aromatic N) is 2. The Morgan fingerprint density at radius 3 is 1.39 bits per heavy atom. The number of aromatic nitrogens is 1. The molecule has 15 rings (SSSR count). The van der Waals surface area contributed by atoms with E-state index in [1.54, 1.807) is 0 Å². The molecule has 1 aromatic heterocycles. The van der Waals surface area contributed by atoms with Gasteiger partial charge in [0.15, 0.2) is 0 Å². The first-order valence-electron chi connectivity index (χ1n) is 24.0. The van der Waals surface area contributed by atoms with Crippen molar-refractivity contribution >= 4 is 71.2 Å². The average molecular weight is 875 g/mol. The third-order valence-corrected chi connectivity index (χ3v) is 15.4. The molecule has 2 aliphatic carbocycles. The summed E-state index contributed by atoms with van der Waals surface area (Å²) in [5.41, 5.74) is 19.1. The molecule has 2 aliphatic rings. The van der Waals surface area contributed by atoms with Crippen LogP contribution in [0.15, 0.2) is 255 Å². The largest absolute Gasteiger partial charge is 0.310 e. The lowest BCUT2D eigenvalue weighted by molar-refractivity contribution is 0.794. The predicted molar refractivity (Wildman–Crippen MR) is 290 cm³/mol. The van der Waals surface area contributed by atoms with Gasteiger partial charge in [0, 0.05) is 39.0 Å². The van der Waals surface area contributed by atoms with Crippen molar-refractivity contribution in [3.8, 4) is 39.1 Å². The standard InChI is InChI=1S/C67H42N2/c1-3-20-43(21-4-1)68(45-38-39-50-48-26-8-7-24-46(48)47-25-9-10-27-49(47)57(50)40-45)65-42-63-58(53-30-13-17-36-62(53)67(63)60-34-15-11-28-51(60)52-29-12-16-35-61(52)67)41-59(65)56-33-19-32-55-54-31-14-18-37-64(54)69(66(55)56)44-22-5-2-6-23-44/h1-42H. The molecule has 0 atom stereocenters. The first kappa shape index (κ1) is 38.2. The van der Waals surface area contributed by atoms with Crippen LogP contribution in [0.5, 0.6) is 0 Å². The van der Waals surface area contributed by atoms with Gasteiger partial charge in [-0.15, -0.1) is 0 Å². The van der Waals surface area contributed by atoms with Crippen LogP contribution in [-0.2, 0) is 5.41 Å². The van der Waals surface area contributed by atoms with E-state index in [9.17, 15) is 0 Å². The summed E-state index contributed by atoms with van der Waals surface area (Å²) in [7, 11) is 0. The second kappa shape index (κ2) is 14.5. The van der Waals surface area contributed by atoms with Crippen molar-refractivity contribution in [3.63, 3.8) is 0 Å². The van der Waals surface area contributed by atoms with Crippen molar-refractivity contribution in [2.75, 3.05) is 4.90 Å². The highest BCUT2D eigenvalue weighted by Crippen LogP contribution is 2.64. The second-order valence-corrected chi connectivity index (χ2v) is 18.7. The van der Waals surface area contributed by atoms with Crippen LogP contribution in [0.4, 0.5) is 17.1 Å². The van der Waals surface area contributed by atoms with Crippen LogP contribution in [-0.4, -0.2) is 4.57 Å². The van der Waals surface area contributed by atoms with E-state index in [1.165, 1.54) is 104 Å². The molecule has 69 heavy (non-hydrogen) atoms. The number of rotatable bonds is 5. The monoisotopic (exact) mass is 874 g/mol. The van der Waals surface area contributed by atoms with Gasteiger partial charge in [0.05, 0.1) is 22.1 Å². The molecule has 0 saturated heterocycles. The summed E-state index contributed by atoms with van der Waals surface area (Å²) in [5.74, 6) is 0. The van der Waals surface area contributed by atoms with Gasteiger partial charge in [0.25, 0.3) is 0 Å². The smallest absolute Gasteiger partial charge is 0.0726 e. The summed E-state index contributed by atoms with van der Waals surface area (Å²) in [6.07, 6.45) is 0. The third-order valence-electron chi connectivity index (χ3n) is 15.4. The number of anilines is 3. The maximum absolute atomic E-state index is 2.58. The molecule has 1 spiro atoms. The molecule has 0 N–H and O–H groups in total. The molecular weight excluding hydrogens is 833 g/mol. The molecule has 0 amide bonds. The Kier molecular flexibility index (Phi) is 8.02. The van der Waals surface area contributed by atoms with Crippen LogP contribution < -0.4 is 4.90 Å². The SMILES string of the molecule is c1ccc(N(c2ccc3c4ccccc4c4ccccc4c3c2)c2cc3c(cc2-c2cccc4c5ccccc5n(-c5ccccc5)c24)-c2ccccc2C32c3ccccc3-c3ccccc32)cc1. The Morgan fingerprint density at radius 2 is 0.754 bits per heavy atom. The van der Waals surface area contributed by atoms with E-state index in [2.05, 4.69) is 264 Å². The van der Waals surface area contributed by atoms with Crippen molar-refractivity contribution in [2.45, 2.75) is 5.41 Å². The van der Waals surface area contributed by atoms with E-state index >= 15 is 0 Å². The maximum atomic E-state index is 2.58. The van der Waals surface area contributed by atoms with Crippen LogP contribution in [0.2, 0.25) is 0 Å². The first-order chi connectivity index (χ1) is 34.3. The van der Waals surface area contributed by atoms with Crippen molar-refractivity contribution in [1.82, 2.24) is 4.57 Å². The number of hydrogen-bond donors (Lipinski definition) is 0. The van der Waals surface area contributed by atoms with Gasteiger partial charge in [-0.2, -0.15) is 0 Å². The highest BCUT2D eigenvalue weighted by Gasteiger charge is 2.52. The zero-order chi connectivity index (χ0) is 45.2.